The van der Waals surface area contributed by atoms with E-state index in [9.17, 15) is 13.2 Å². The second-order valence-corrected chi connectivity index (χ2v) is 10.3. The number of hydrogen-bond acceptors (Lipinski definition) is 6. The number of imidazole rings is 1. The van der Waals surface area contributed by atoms with Gasteiger partial charge in [0.05, 0.1) is 21.2 Å². The van der Waals surface area contributed by atoms with Crippen molar-refractivity contribution in [2.75, 3.05) is 5.32 Å². The van der Waals surface area contributed by atoms with E-state index in [-0.39, 0.29) is 16.8 Å². The minimum Gasteiger partial charge on any atom is -0.325 e. The predicted octanol–water partition coefficient (Wildman–Crippen LogP) is 3.02. The van der Waals surface area contributed by atoms with Crippen molar-refractivity contribution < 1.29 is 13.2 Å². The molecule has 0 aliphatic heterocycles. The highest BCUT2D eigenvalue weighted by atomic mass is 32.2. The maximum atomic E-state index is 12.7. The number of benzene rings is 2. The lowest BCUT2D eigenvalue weighted by molar-refractivity contribution is -0.115. The molecule has 2 heterocycles. The summed E-state index contributed by atoms with van der Waals surface area (Å²) in [5.41, 5.74) is 2.27. The summed E-state index contributed by atoms with van der Waals surface area (Å²) >= 11 is 1.30. The standard InChI is InChI=1S/C20H22N6O3S2/c1-12(2)25-31(28,29)15-10-8-14(9-11-15)21-18(27)13(3)30-20-24-23-19-22-16-6-4-5-7-17(16)26(19)20/h4-13,25H,1-3H3,(H,21,27)(H,22,23)/t13-/m0/s1. The molecule has 0 aliphatic carbocycles. The lowest BCUT2D eigenvalue weighted by Gasteiger charge is -2.12. The molecule has 3 N–H and O–H groups in total. The lowest BCUT2D eigenvalue weighted by atomic mass is 10.3. The van der Waals surface area contributed by atoms with Gasteiger partial charge in [0.15, 0.2) is 5.16 Å². The average molecular weight is 459 g/mol. The highest BCUT2D eigenvalue weighted by Crippen LogP contribution is 2.26. The first kappa shape index (κ1) is 21.3. The second-order valence-electron chi connectivity index (χ2n) is 7.32. The molecular formula is C20H22N6O3S2. The Labute approximate surface area is 183 Å². The van der Waals surface area contributed by atoms with Crippen LogP contribution in [-0.2, 0) is 14.8 Å². The molecule has 0 unspecified atom stereocenters. The zero-order valence-electron chi connectivity index (χ0n) is 17.2. The third kappa shape index (κ3) is 4.43. The molecular weight excluding hydrogens is 436 g/mol. The number of H-pyrrole nitrogens is 1. The van der Waals surface area contributed by atoms with Crippen molar-refractivity contribution in [3.63, 3.8) is 0 Å². The summed E-state index contributed by atoms with van der Waals surface area (Å²) in [6, 6.07) is 13.6. The van der Waals surface area contributed by atoms with Crippen LogP contribution >= 0.6 is 11.8 Å². The molecule has 2 aromatic heterocycles. The van der Waals surface area contributed by atoms with E-state index in [1.807, 2.05) is 28.7 Å². The van der Waals surface area contributed by atoms with E-state index >= 15 is 0 Å². The van der Waals surface area contributed by atoms with Crippen molar-refractivity contribution in [3.8, 4) is 0 Å². The highest BCUT2D eigenvalue weighted by molar-refractivity contribution is 8.00. The number of thioether (sulfide) groups is 1. The fourth-order valence-corrected chi connectivity index (χ4v) is 5.19. The number of carbonyl (C=O) groups is 1. The summed E-state index contributed by atoms with van der Waals surface area (Å²) in [6.07, 6.45) is 0. The van der Waals surface area contributed by atoms with E-state index in [1.54, 1.807) is 32.9 Å². The Hall–Kier alpha value is -2.89. The molecule has 9 nitrogen and oxygen atoms in total. The van der Waals surface area contributed by atoms with Gasteiger partial charge in [-0.15, -0.1) is 5.10 Å². The van der Waals surface area contributed by atoms with Crippen LogP contribution in [0.4, 0.5) is 5.69 Å². The van der Waals surface area contributed by atoms with Crippen LogP contribution in [0.5, 0.6) is 0 Å². The van der Waals surface area contributed by atoms with Crippen LogP contribution in [0.25, 0.3) is 16.8 Å². The van der Waals surface area contributed by atoms with Gasteiger partial charge >= 0.3 is 0 Å². The van der Waals surface area contributed by atoms with Crippen LogP contribution in [0.3, 0.4) is 0 Å². The summed E-state index contributed by atoms with van der Waals surface area (Å²) < 4.78 is 28.8. The molecule has 11 heteroatoms. The first-order valence-corrected chi connectivity index (χ1v) is 12.0. The molecule has 0 saturated heterocycles. The third-order valence-electron chi connectivity index (χ3n) is 4.48. The molecule has 1 amide bonds. The number of nitrogens with one attached hydrogen (secondary N) is 3. The van der Waals surface area contributed by atoms with Gasteiger partial charge < -0.3 is 5.32 Å². The van der Waals surface area contributed by atoms with E-state index in [0.29, 0.717) is 16.6 Å². The molecule has 1 atom stereocenters. The van der Waals surface area contributed by atoms with E-state index in [4.69, 9.17) is 0 Å². The number of amides is 1. The van der Waals surface area contributed by atoms with Gasteiger partial charge in [-0.05, 0) is 57.2 Å². The number of fused-ring (bicyclic) bond motifs is 3. The molecule has 0 fully saturated rings. The topological polar surface area (TPSA) is 121 Å². The Morgan fingerprint density at radius 3 is 2.52 bits per heavy atom. The number of nitrogens with zero attached hydrogens (tertiary/aromatic N) is 3. The number of anilines is 1. The lowest BCUT2D eigenvalue weighted by Crippen LogP contribution is -2.30. The SMILES string of the molecule is CC(C)NS(=O)(=O)c1ccc(NC(=O)[C@H](C)Sc2n[nH]c3nc4ccccc4n23)cc1. The minimum atomic E-state index is -3.58. The zero-order chi connectivity index (χ0) is 22.2. The van der Waals surface area contributed by atoms with Crippen molar-refractivity contribution in [1.82, 2.24) is 24.3 Å². The van der Waals surface area contributed by atoms with E-state index in [0.717, 1.165) is 11.0 Å². The van der Waals surface area contributed by atoms with Crippen molar-refractivity contribution in [2.24, 2.45) is 0 Å². The van der Waals surface area contributed by atoms with Gasteiger partial charge in [-0.3, -0.25) is 9.20 Å². The van der Waals surface area contributed by atoms with Crippen LogP contribution in [0.15, 0.2) is 58.6 Å². The normalized spacial score (nSPS) is 13.2. The highest BCUT2D eigenvalue weighted by Gasteiger charge is 2.20. The Kier molecular flexibility index (Phi) is 5.73. The monoisotopic (exact) mass is 458 g/mol. The molecule has 4 aromatic rings. The molecule has 162 valence electrons. The first-order valence-electron chi connectivity index (χ1n) is 9.66. The van der Waals surface area contributed by atoms with Crippen molar-refractivity contribution >= 4 is 50.2 Å². The number of carbonyl (C=O) groups excluding carboxylic acids is 1. The Balaban J connectivity index is 1.46. The third-order valence-corrected chi connectivity index (χ3v) is 7.20. The summed E-state index contributed by atoms with van der Waals surface area (Å²) in [5.74, 6) is 0.393. The zero-order valence-corrected chi connectivity index (χ0v) is 18.8. The van der Waals surface area contributed by atoms with E-state index < -0.39 is 15.3 Å². The van der Waals surface area contributed by atoms with Crippen LogP contribution in [0.1, 0.15) is 20.8 Å². The Morgan fingerprint density at radius 1 is 1.10 bits per heavy atom. The van der Waals surface area contributed by atoms with Crippen molar-refractivity contribution in [3.05, 3.63) is 48.5 Å². The fraction of sp³-hybridized carbons (Fsp3) is 0.250. The van der Waals surface area contributed by atoms with Gasteiger partial charge in [0.25, 0.3) is 0 Å². The maximum Gasteiger partial charge on any atom is 0.240 e. The number of hydrogen-bond donors (Lipinski definition) is 3. The van der Waals surface area contributed by atoms with Crippen molar-refractivity contribution in [2.45, 2.75) is 42.1 Å². The average Bonchev–Trinajstić information content (AvgIpc) is 3.27. The summed E-state index contributed by atoms with van der Waals surface area (Å²) in [6.45, 7) is 5.29. The molecule has 0 saturated carbocycles. The molecule has 0 bridgehead atoms. The van der Waals surface area contributed by atoms with E-state index in [2.05, 4.69) is 25.2 Å². The van der Waals surface area contributed by atoms with Crippen molar-refractivity contribution in [1.29, 1.82) is 0 Å². The summed E-state index contributed by atoms with van der Waals surface area (Å²) in [5, 5.41) is 10.2. The molecule has 0 aliphatic rings. The second kappa shape index (κ2) is 8.33. The fourth-order valence-electron chi connectivity index (χ4n) is 3.07. The van der Waals surface area contributed by atoms with Gasteiger partial charge in [0, 0.05) is 11.7 Å². The van der Waals surface area contributed by atoms with Gasteiger partial charge in [-0.2, -0.15) is 0 Å². The van der Waals surface area contributed by atoms with Gasteiger partial charge in [0.2, 0.25) is 21.7 Å². The molecule has 0 radical (unpaired) electrons. The maximum absolute atomic E-state index is 12.7. The summed E-state index contributed by atoms with van der Waals surface area (Å²) in [4.78, 5) is 17.3. The number of para-hydroxylation sites is 2. The van der Waals surface area contributed by atoms with Crippen LogP contribution in [-0.4, -0.2) is 45.2 Å². The number of rotatable bonds is 7. The van der Waals surface area contributed by atoms with Crippen LogP contribution in [0.2, 0.25) is 0 Å². The molecule has 2 aromatic carbocycles. The number of aromatic nitrogens is 4. The van der Waals surface area contributed by atoms with Gasteiger partial charge in [-0.1, -0.05) is 23.9 Å². The minimum absolute atomic E-state index is 0.146. The number of aromatic amines is 1. The largest absolute Gasteiger partial charge is 0.325 e. The quantitative estimate of drug-likeness (QED) is 0.366. The summed E-state index contributed by atoms with van der Waals surface area (Å²) in [7, 11) is -3.58. The van der Waals surface area contributed by atoms with Gasteiger partial charge in [-0.25, -0.2) is 23.2 Å². The predicted molar refractivity (Wildman–Crippen MR) is 121 cm³/mol. The van der Waals surface area contributed by atoms with E-state index in [1.165, 1.54) is 23.9 Å². The van der Waals surface area contributed by atoms with Gasteiger partial charge in [0.1, 0.15) is 0 Å². The number of sulfonamides is 1. The Morgan fingerprint density at radius 2 is 1.81 bits per heavy atom. The first-order chi connectivity index (χ1) is 14.7. The molecule has 4 rings (SSSR count). The molecule has 31 heavy (non-hydrogen) atoms. The molecule has 0 spiro atoms. The smallest absolute Gasteiger partial charge is 0.240 e. The Bertz CT molecular complexity index is 1340. The van der Waals surface area contributed by atoms with Crippen LogP contribution < -0.4 is 10.0 Å². The van der Waals surface area contributed by atoms with Crippen LogP contribution in [0, 0.1) is 0 Å².